The van der Waals surface area contributed by atoms with Gasteiger partial charge in [0.05, 0.1) is 10.5 Å². The van der Waals surface area contributed by atoms with Gasteiger partial charge in [-0.2, -0.15) is 5.10 Å². The third-order valence-corrected chi connectivity index (χ3v) is 4.46. The molecular weight excluding hydrogens is 331 g/mol. The fourth-order valence-corrected chi connectivity index (χ4v) is 2.38. The van der Waals surface area contributed by atoms with Crippen LogP contribution in [-0.4, -0.2) is 9.78 Å². The summed E-state index contributed by atoms with van der Waals surface area (Å²) in [7, 11) is 0. The van der Waals surface area contributed by atoms with Crippen LogP contribution >= 0.6 is 38.5 Å². The highest BCUT2D eigenvalue weighted by Gasteiger charge is 2.18. The molecule has 0 atom stereocenters. The fraction of sp³-hybridized carbons (Fsp3) is 0.625. The highest BCUT2D eigenvalue weighted by Crippen LogP contribution is 2.30. The summed E-state index contributed by atoms with van der Waals surface area (Å²) in [5.41, 5.74) is 0. The Morgan fingerprint density at radius 1 is 1.50 bits per heavy atom. The van der Waals surface area contributed by atoms with E-state index in [0.717, 1.165) is 8.17 Å². The number of nitrogens with zero attached hydrogens (tertiary/aromatic N) is 2. The van der Waals surface area contributed by atoms with Gasteiger partial charge < -0.3 is 0 Å². The van der Waals surface area contributed by atoms with Gasteiger partial charge in [0.2, 0.25) is 0 Å². The van der Waals surface area contributed by atoms with Crippen molar-refractivity contribution in [2.45, 2.75) is 31.7 Å². The molecule has 0 aromatic carbocycles. The molecule has 2 nitrogen and oxygen atoms in total. The Hall–Kier alpha value is 0.420. The lowest BCUT2D eigenvalue weighted by Gasteiger charge is -2.07. The van der Waals surface area contributed by atoms with Crippen LogP contribution in [0.15, 0.2) is 10.7 Å². The van der Waals surface area contributed by atoms with Crippen LogP contribution in [-0.2, 0) is 0 Å². The highest BCUT2D eigenvalue weighted by atomic mass is 127. The second-order valence-corrected chi connectivity index (χ2v) is 5.06. The molecule has 0 aliphatic heterocycles. The maximum atomic E-state index is 4.45. The zero-order valence-corrected chi connectivity index (χ0v) is 10.4. The molecule has 66 valence electrons. The van der Waals surface area contributed by atoms with E-state index in [2.05, 4.69) is 54.5 Å². The van der Waals surface area contributed by atoms with Gasteiger partial charge in [-0.05, 0) is 51.4 Å². The molecule has 1 heterocycles. The zero-order valence-electron chi connectivity index (χ0n) is 6.63. The molecule has 1 aromatic heterocycles. The molecule has 0 bridgehead atoms. The average molecular weight is 341 g/mol. The number of hydrogen-bond donors (Lipinski definition) is 0. The summed E-state index contributed by atoms with van der Waals surface area (Å²) >= 11 is 5.73. The van der Waals surface area contributed by atoms with Crippen LogP contribution in [0.1, 0.15) is 31.7 Å². The lowest BCUT2D eigenvalue weighted by Crippen LogP contribution is -2.04. The lowest BCUT2D eigenvalue weighted by atomic mass is 10.3. The van der Waals surface area contributed by atoms with Crippen LogP contribution in [0, 0.1) is 3.70 Å². The molecule has 1 aliphatic rings. The van der Waals surface area contributed by atoms with Crippen molar-refractivity contribution in [2.24, 2.45) is 0 Å². The summed E-state index contributed by atoms with van der Waals surface area (Å²) in [5.74, 6) is 0. The van der Waals surface area contributed by atoms with Crippen molar-refractivity contribution >= 4 is 38.5 Å². The van der Waals surface area contributed by atoms with Crippen molar-refractivity contribution in [1.82, 2.24) is 9.78 Å². The third-order valence-electron chi connectivity index (χ3n) is 2.34. The van der Waals surface area contributed by atoms with Crippen LogP contribution in [0.3, 0.4) is 0 Å². The molecule has 1 saturated carbocycles. The molecule has 0 unspecified atom stereocenters. The van der Waals surface area contributed by atoms with Crippen LogP contribution in [0.25, 0.3) is 0 Å². The number of halogens is 2. The van der Waals surface area contributed by atoms with E-state index in [0.29, 0.717) is 6.04 Å². The summed E-state index contributed by atoms with van der Waals surface area (Å²) in [6.07, 6.45) is 7.41. The van der Waals surface area contributed by atoms with Gasteiger partial charge in [0.15, 0.2) is 0 Å². The van der Waals surface area contributed by atoms with Crippen molar-refractivity contribution in [3.63, 3.8) is 0 Å². The topological polar surface area (TPSA) is 17.8 Å². The summed E-state index contributed by atoms with van der Waals surface area (Å²) in [6.45, 7) is 0. The average Bonchev–Trinajstić information content (AvgIpc) is 2.61. The van der Waals surface area contributed by atoms with Crippen molar-refractivity contribution in [1.29, 1.82) is 0 Å². The van der Waals surface area contributed by atoms with E-state index in [1.165, 1.54) is 25.7 Å². The maximum Gasteiger partial charge on any atom is 0.137 e. The van der Waals surface area contributed by atoms with E-state index in [1.54, 1.807) is 0 Å². The van der Waals surface area contributed by atoms with Gasteiger partial charge >= 0.3 is 0 Å². The van der Waals surface area contributed by atoms with Gasteiger partial charge in [-0.1, -0.05) is 12.8 Å². The fourth-order valence-electron chi connectivity index (χ4n) is 1.70. The standard InChI is InChI=1S/C8H10BrIN2/c9-7-5-12(11-8(7)10)6-3-1-2-4-6/h5-6H,1-4H2. The van der Waals surface area contributed by atoms with Gasteiger partial charge in [-0.15, -0.1) is 0 Å². The second kappa shape index (κ2) is 3.65. The van der Waals surface area contributed by atoms with Gasteiger partial charge in [-0.3, -0.25) is 4.68 Å². The van der Waals surface area contributed by atoms with E-state index >= 15 is 0 Å². The Labute approximate surface area is 94.0 Å². The second-order valence-electron chi connectivity index (χ2n) is 3.19. The van der Waals surface area contributed by atoms with Crippen LogP contribution in [0.5, 0.6) is 0 Å². The molecule has 1 aromatic rings. The van der Waals surface area contributed by atoms with Crippen molar-refractivity contribution in [3.8, 4) is 0 Å². The van der Waals surface area contributed by atoms with E-state index < -0.39 is 0 Å². The van der Waals surface area contributed by atoms with E-state index in [4.69, 9.17) is 0 Å². The number of aromatic nitrogens is 2. The molecule has 1 fully saturated rings. The van der Waals surface area contributed by atoms with Crippen LogP contribution < -0.4 is 0 Å². The molecule has 0 saturated heterocycles. The van der Waals surface area contributed by atoms with E-state index in [1.807, 2.05) is 0 Å². The minimum absolute atomic E-state index is 0.657. The Morgan fingerprint density at radius 3 is 2.67 bits per heavy atom. The third kappa shape index (κ3) is 1.69. The van der Waals surface area contributed by atoms with Crippen LogP contribution in [0.2, 0.25) is 0 Å². The molecule has 1 aliphatic carbocycles. The van der Waals surface area contributed by atoms with E-state index in [9.17, 15) is 0 Å². The first-order chi connectivity index (χ1) is 5.77. The molecule has 2 rings (SSSR count). The predicted molar refractivity (Wildman–Crippen MR) is 60.1 cm³/mol. The zero-order chi connectivity index (χ0) is 8.55. The Kier molecular flexibility index (Phi) is 2.74. The van der Waals surface area contributed by atoms with Gasteiger partial charge in [-0.25, -0.2) is 0 Å². The SMILES string of the molecule is Brc1cn(C2CCCC2)nc1I. The van der Waals surface area contributed by atoms with Crippen molar-refractivity contribution < 1.29 is 0 Å². The molecule has 0 spiro atoms. The summed E-state index contributed by atoms with van der Waals surface area (Å²) in [5, 5.41) is 4.45. The largest absolute Gasteiger partial charge is 0.267 e. The summed E-state index contributed by atoms with van der Waals surface area (Å²) in [6, 6.07) is 0.657. The van der Waals surface area contributed by atoms with Crippen molar-refractivity contribution in [2.75, 3.05) is 0 Å². The first-order valence-electron chi connectivity index (χ1n) is 4.17. The number of rotatable bonds is 1. The molecule has 0 radical (unpaired) electrons. The van der Waals surface area contributed by atoms with Crippen LogP contribution in [0.4, 0.5) is 0 Å². The molecule has 4 heteroatoms. The Balaban J connectivity index is 2.21. The van der Waals surface area contributed by atoms with Gasteiger partial charge in [0.25, 0.3) is 0 Å². The summed E-state index contributed by atoms with van der Waals surface area (Å²) < 4.78 is 4.30. The van der Waals surface area contributed by atoms with Gasteiger partial charge in [0, 0.05) is 6.20 Å². The Morgan fingerprint density at radius 2 is 2.17 bits per heavy atom. The summed E-state index contributed by atoms with van der Waals surface area (Å²) in [4.78, 5) is 0. The highest BCUT2D eigenvalue weighted by molar-refractivity contribution is 14.1. The molecular formula is C8H10BrIN2. The normalized spacial score (nSPS) is 18.8. The number of hydrogen-bond acceptors (Lipinski definition) is 1. The quantitative estimate of drug-likeness (QED) is 0.717. The van der Waals surface area contributed by atoms with E-state index in [-0.39, 0.29) is 0 Å². The lowest BCUT2D eigenvalue weighted by molar-refractivity contribution is 0.464. The maximum absolute atomic E-state index is 4.45. The predicted octanol–water partition coefficient (Wildman–Crippen LogP) is 3.37. The van der Waals surface area contributed by atoms with Crippen molar-refractivity contribution in [3.05, 3.63) is 14.4 Å². The minimum Gasteiger partial charge on any atom is -0.267 e. The first kappa shape index (κ1) is 8.99. The first-order valence-corrected chi connectivity index (χ1v) is 6.04. The molecule has 0 amide bonds. The Bertz CT molecular complexity index is 259. The molecule has 0 N–H and O–H groups in total. The minimum atomic E-state index is 0.657. The van der Waals surface area contributed by atoms with Gasteiger partial charge in [0.1, 0.15) is 3.70 Å². The molecule has 12 heavy (non-hydrogen) atoms. The smallest absolute Gasteiger partial charge is 0.137 e. The monoisotopic (exact) mass is 340 g/mol.